The molecule has 0 heterocycles. The Morgan fingerprint density at radius 3 is 1.84 bits per heavy atom. The smallest absolute Gasteiger partial charge is 0.307 e. The molecule has 2 nitrogen and oxygen atoms in total. The Kier molecular flexibility index (Phi) is 4.88. The maximum atomic E-state index is 10.6. The van der Waals surface area contributed by atoms with Gasteiger partial charge >= 0.3 is 5.97 Å². The minimum absolute atomic E-state index is 0.0648. The van der Waals surface area contributed by atoms with Crippen LogP contribution in [0.5, 0.6) is 0 Å². The van der Waals surface area contributed by atoms with E-state index in [4.69, 9.17) is 16.7 Å². The van der Waals surface area contributed by atoms with Crippen LogP contribution in [0.1, 0.15) is 11.1 Å². The molecule has 98 valence electrons. The Hall–Kier alpha value is -1.45. The van der Waals surface area contributed by atoms with Crippen molar-refractivity contribution in [3.8, 4) is 0 Å². The normalized spacial score (nSPS) is 10.4. The van der Waals surface area contributed by atoms with Crippen LogP contribution >= 0.6 is 23.4 Å². The van der Waals surface area contributed by atoms with Crippen molar-refractivity contribution in [2.75, 3.05) is 0 Å². The number of hydrogen-bond acceptors (Lipinski definition) is 2. The molecule has 2 aromatic rings. The van der Waals surface area contributed by atoms with E-state index < -0.39 is 5.97 Å². The van der Waals surface area contributed by atoms with Crippen molar-refractivity contribution in [3.63, 3.8) is 0 Å². The third-order valence-corrected chi connectivity index (χ3v) is 3.92. The quantitative estimate of drug-likeness (QED) is 0.839. The molecule has 0 atom stereocenters. The van der Waals surface area contributed by atoms with Crippen LogP contribution in [0.25, 0.3) is 0 Å². The van der Waals surface area contributed by atoms with Gasteiger partial charge in [-0.2, -0.15) is 0 Å². The van der Waals surface area contributed by atoms with Gasteiger partial charge in [-0.1, -0.05) is 36.0 Å². The number of carbonyl (C=O) groups is 1. The van der Waals surface area contributed by atoms with Crippen LogP contribution in [0.15, 0.2) is 58.3 Å². The van der Waals surface area contributed by atoms with Gasteiger partial charge in [0, 0.05) is 15.7 Å². The second kappa shape index (κ2) is 6.64. The predicted octanol–water partition coefficient (Wildman–Crippen LogP) is 4.20. The van der Waals surface area contributed by atoms with Gasteiger partial charge < -0.3 is 5.11 Å². The highest BCUT2D eigenvalue weighted by molar-refractivity contribution is 7.99. The van der Waals surface area contributed by atoms with Crippen molar-refractivity contribution in [2.45, 2.75) is 22.1 Å². The summed E-state index contributed by atoms with van der Waals surface area (Å²) in [5.41, 5.74) is 1.91. The second-order valence-electron chi connectivity index (χ2n) is 4.09. The first-order chi connectivity index (χ1) is 9.17. The monoisotopic (exact) mass is 292 g/mol. The molecule has 0 aromatic heterocycles. The lowest BCUT2D eigenvalue weighted by Gasteiger charge is -2.04. The summed E-state index contributed by atoms with van der Waals surface area (Å²) in [6, 6.07) is 15.7. The lowest BCUT2D eigenvalue weighted by atomic mass is 10.2. The van der Waals surface area contributed by atoms with Gasteiger partial charge in [-0.3, -0.25) is 4.79 Å². The molecule has 0 radical (unpaired) electrons. The molecule has 0 aliphatic heterocycles. The number of benzene rings is 2. The number of carboxylic acids is 1. The fraction of sp³-hybridized carbons (Fsp3) is 0.133. The molecule has 0 unspecified atom stereocenters. The van der Waals surface area contributed by atoms with Gasteiger partial charge in [0.05, 0.1) is 6.42 Å². The summed E-state index contributed by atoms with van der Waals surface area (Å²) in [6.45, 7) is 0. The largest absolute Gasteiger partial charge is 0.481 e. The molecule has 0 amide bonds. The van der Waals surface area contributed by atoms with E-state index in [2.05, 4.69) is 0 Å². The van der Waals surface area contributed by atoms with Crippen LogP contribution in [0, 0.1) is 0 Å². The van der Waals surface area contributed by atoms with Gasteiger partial charge in [0.2, 0.25) is 0 Å². The zero-order valence-electron chi connectivity index (χ0n) is 10.2. The molecule has 0 aliphatic carbocycles. The molecule has 0 saturated heterocycles. The Labute approximate surface area is 121 Å². The van der Waals surface area contributed by atoms with Gasteiger partial charge in [0.1, 0.15) is 0 Å². The van der Waals surface area contributed by atoms with Crippen molar-refractivity contribution in [1.29, 1.82) is 0 Å². The Morgan fingerprint density at radius 1 is 0.947 bits per heavy atom. The second-order valence-corrected chi connectivity index (χ2v) is 5.51. The van der Waals surface area contributed by atoms with E-state index in [-0.39, 0.29) is 6.42 Å². The van der Waals surface area contributed by atoms with Crippen LogP contribution in [-0.2, 0) is 17.1 Å². The van der Waals surface area contributed by atoms with Crippen molar-refractivity contribution in [1.82, 2.24) is 0 Å². The summed E-state index contributed by atoms with van der Waals surface area (Å²) in [5, 5.41) is 8.70. The molecule has 1 N–H and O–H groups in total. The summed E-state index contributed by atoms with van der Waals surface area (Å²) < 4.78 is 0. The molecule has 0 fully saturated rings. The van der Waals surface area contributed by atoms with Crippen molar-refractivity contribution in [2.24, 2.45) is 0 Å². The minimum atomic E-state index is -0.808. The lowest BCUT2D eigenvalue weighted by Crippen LogP contribution is -1.99. The number of alkyl halides is 1. The fourth-order valence-electron chi connectivity index (χ4n) is 1.63. The predicted molar refractivity (Wildman–Crippen MR) is 77.9 cm³/mol. The molecule has 0 bridgehead atoms. The van der Waals surface area contributed by atoms with E-state index in [1.807, 2.05) is 48.5 Å². The number of rotatable bonds is 5. The number of hydrogen-bond donors (Lipinski definition) is 1. The lowest BCUT2D eigenvalue weighted by molar-refractivity contribution is -0.136. The molecule has 2 aromatic carbocycles. The summed E-state index contributed by atoms with van der Waals surface area (Å²) >= 11 is 7.39. The molecule has 0 spiro atoms. The first-order valence-electron chi connectivity index (χ1n) is 5.81. The first kappa shape index (κ1) is 14.0. The maximum absolute atomic E-state index is 10.6. The highest BCUT2D eigenvalue weighted by Crippen LogP contribution is 2.28. The number of halogens is 1. The van der Waals surface area contributed by atoms with Crippen LogP contribution in [0.3, 0.4) is 0 Å². The Bertz CT molecular complexity index is 549. The molecule has 19 heavy (non-hydrogen) atoms. The van der Waals surface area contributed by atoms with E-state index in [9.17, 15) is 4.79 Å². The topological polar surface area (TPSA) is 37.3 Å². The highest BCUT2D eigenvalue weighted by atomic mass is 35.5. The number of carboxylic acid groups (broad SMARTS) is 1. The zero-order valence-corrected chi connectivity index (χ0v) is 11.7. The van der Waals surface area contributed by atoms with Gasteiger partial charge in [-0.15, -0.1) is 11.6 Å². The molecule has 2 rings (SSSR count). The van der Waals surface area contributed by atoms with Gasteiger partial charge in [-0.05, 0) is 35.4 Å². The summed E-state index contributed by atoms with van der Waals surface area (Å²) in [5.74, 6) is -0.286. The summed E-state index contributed by atoms with van der Waals surface area (Å²) in [7, 11) is 0. The average Bonchev–Trinajstić information content (AvgIpc) is 2.41. The third kappa shape index (κ3) is 4.30. The van der Waals surface area contributed by atoms with Crippen LogP contribution in [0.4, 0.5) is 0 Å². The van der Waals surface area contributed by atoms with E-state index in [1.165, 1.54) is 0 Å². The van der Waals surface area contributed by atoms with E-state index in [1.54, 1.807) is 11.8 Å². The highest BCUT2D eigenvalue weighted by Gasteiger charge is 2.02. The number of aliphatic carboxylic acids is 1. The van der Waals surface area contributed by atoms with Crippen LogP contribution in [-0.4, -0.2) is 11.1 Å². The summed E-state index contributed by atoms with van der Waals surface area (Å²) in [4.78, 5) is 12.8. The van der Waals surface area contributed by atoms with Crippen molar-refractivity contribution in [3.05, 3.63) is 59.7 Å². The molecule has 0 aliphatic rings. The van der Waals surface area contributed by atoms with Gasteiger partial charge in [-0.25, -0.2) is 0 Å². The zero-order chi connectivity index (χ0) is 13.7. The van der Waals surface area contributed by atoms with E-state index in [0.717, 1.165) is 20.9 Å². The standard InChI is InChI=1S/C15H13ClO2S/c16-10-12-3-7-14(8-4-12)19-13-5-1-11(2-6-13)9-15(17)18/h1-8H,9-10H2,(H,17,18). The van der Waals surface area contributed by atoms with E-state index >= 15 is 0 Å². The van der Waals surface area contributed by atoms with Crippen molar-refractivity contribution < 1.29 is 9.90 Å². The average molecular weight is 293 g/mol. The minimum Gasteiger partial charge on any atom is -0.481 e. The Balaban J connectivity index is 2.04. The first-order valence-corrected chi connectivity index (χ1v) is 7.16. The molecular formula is C15H13ClO2S. The maximum Gasteiger partial charge on any atom is 0.307 e. The molecular weight excluding hydrogens is 280 g/mol. The molecule has 4 heteroatoms. The SMILES string of the molecule is O=C(O)Cc1ccc(Sc2ccc(CCl)cc2)cc1. The third-order valence-electron chi connectivity index (χ3n) is 2.59. The summed E-state index contributed by atoms with van der Waals surface area (Å²) in [6.07, 6.45) is 0.0648. The van der Waals surface area contributed by atoms with E-state index in [0.29, 0.717) is 5.88 Å². The van der Waals surface area contributed by atoms with Crippen LogP contribution < -0.4 is 0 Å². The van der Waals surface area contributed by atoms with Gasteiger partial charge in [0.15, 0.2) is 0 Å². The van der Waals surface area contributed by atoms with Crippen LogP contribution in [0.2, 0.25) is 0 Å². The van der Waals surface area contributed by atoms with Crippen molar-refractivity contribution >= 4 is 29.3 Å². The fourth-order valence-corrected chi connectivity index (χ4v) is 2.63. The Morgan fingerprint density at radius 2 is 1.42 bits per heavy atom. The molecule has 0 saturated carbocycles. The van der Waals surface area contributed by atoms with Gasteiger partial charge in [0.25, 0.3) is 0 Å².